The van der Waals surface area contributed by atoms with E-state index in [4.69, 9.17) is 9.72 Å². The van der Waals surface area contributed by atoms with Crippen molar-refractivity contribution >= 4 is 28.9 Å². The second-order valence-corrected chi connectivity index (χ2v) is 12.7. The number of rotatable bonds is 6. The summed E-state index contributed by atoms with van der Waals surface area (Å²) in [5.41, 5.74) is 5.69. The molecule has 0 radical (unpaired) electrons. The first-order chi connectivity index (χ1) is 19.7. The van der Waals surface area contributed by atoms with Crippen molar-refractivity contribution < 1.29 is 9.53 Å². The number of aromatic nitrogens is 6. The summed E-state index contributed by atoms with van der Waals surface area (Å²) in [7, 11) is 0. The minimum atomic E-state index is -0.184. The highest BCUT2D eigenvalue weighted by atomic mass is 32.1. The summed E-state index contributed by atoms with van der Waals surface area (Å²) in [5.74, 6) is 0.320. The lowest BCUT2D eigenvalue weighted by atomic mass is 9.96. The van der Waals surface area contributed by atoms with Crippen molar-refractivity contribution in [2.45, 2.75) is 64.6 Å². The number of anilines is 2. The number of aryl methyl sites for hydroxylation is 1. The molecule has 2 atom stereocenters. The number of hydrogen-bond acceptors (Lipinski definition) is 10. The molecule has 3 N–H and O–H groups in total. The summed E-state index contributed by atoms with van der Waals surface area (Å²) >= 11 is 1.36. The first-order valence-electron chi connectivity index (χ1n) is 13.9. The van der Waals surface area contributed by atoms with E-state index in [1.807, 2.05) is 13.0 Å². The predicted octanol–water partition coefficient (Wildman–Crippen LogP) is 4.53. The number of nitrogens with one attached hydrogen (secondary N) is 3. The Balaban J connectivity index is 1.29. The van der Waals surface area contributed by atoms with Crippen LogP contribution in [-0.2, 0) is 16.7 Å². The highest BCUT2D eigenvalue weighted by molar-refractivity contribution is 7.13. The topological polar surface area (TPSA) is 134 Å². The molecule has 2 aliphatic heterocycles. The van der Waals surface area contributed by atoms with Crippen LogP contribution in [0.25, 0.3) is 11.3 Å². The van der Waals surface area contributed by atoms with Crippen LogP contribution < -0.4 is 10.6 Å². The number of benzene rings is 1. The zero-order chi connectivity index (χ0) is 28.6. The fourth-order valence-electron chi connectivity index (χ4n) is 5.28. The third kappa shape index (κ3) is 5.99. The molecule has 41 heavy (non-hydrogen) atoms. The number of H-pyrrole nitrogens is 1. The summed E-state index contributed by atoms with van der Waals surface area (Å²) in [6.07, 6.45) is 5.28. The van der Waals surface area contributed by atoms with Gasteiger partial charge in [-0.1, -0.05) is 44.2 Å². The molecule has 0 spiro atoms. The van der Waals surface area contributed by atoms with Crippen LogP contribution in [0.15, 0.2) is 36.7 Å². The van der Waals surface area contributed by atoms with E-state index in [0.29, 0.717) is 17.0 Å². The van der Waals surface area contributed by atoms with Gasteiger partial charge in [-0.25, -0.2) is 9.97 Å². The van der Waals surface area contributed by atoms with Crippen LogP contribution >= 0.6 is 11.3 Å². The number of fused-ring (bicyclic) bond motifs is 1. The normalized spacial score (nSPS) is 19.5. The lowest BCUT2D eigenvalue weighted by molar-refractivity contribution is 0.0928. The molecule has 5 heterocycles. The second kappa shape index (κ2) is 11.3. The molecule has 0 bridgehead atoms. The Hall–Kier alpha value is -3.74. The molecule has 3 aromatic heterocycles. The Morgan fingerprint density at radius 1 is 1.20 bits per heavy atom. The smallest absolute Gasteiger partial charge is 0.282 e. The van der Waals surface area contributed by atoms with Gasteiger partial charge in [0.05, 0.1) is 35.9 Å². The van der Waals surface area contributed by atoms with Gasteiger partial charge in [0.1, 0.15) is 5.01 Å². The van der Waals surface area contributed by atoms with E-state index >= 15 is 0 Å². The molecule has 1 amide bonds. The maximum Gasteiger partial charge on any atom is 0.282 e. The van der Waals surface area contributed by atoms with Crippen LogP contribution in [0.2, 0.25) is 0 Å². The van der Waals surface area contributed by atoms with Crippen molar-refractivity contribution in [3.63, 3.8) is 0 Å². The molecular weight excluding hydrogens is 538 g/mol. The number of ether oxygens (including phenoxy) is 1. The summed E-state index contributed by atoms with van der Waals surface area (Å²) in [5, 5.41) is 23.2. The minimum Gasteiger partial charge on any atom is -0.380 e. The maximum absolute atomic E-state index is 13.3. The average molecular weight is 574 g/mol. The Kier molecular flexibility index (Phi) is 7.54. The van der Waals surface area contributed by atoms with Crippen molar-refractivity contribution in [3.8, 4) is 11.3 Å². The van der Waals surface area contributed by atoms with Gasteiger partial charge in [-0.15, -0.1) is 10.2 Å². The number of aromatic amines is 1. The van der Waals surface area contributed by atoms with E-state index in [9.17, 15) is 4.79 Å². The van der Waals surface area contributed by atoms with Crippen LogP contribution in [0.1, 0.15) is 71.3 Å². The Labute approximate surface area is 243 Å². The second-order valence-electron chi connectivity index (χ2n) is 11.7. The van der Waals surface area contributed by atoms with Crippen LogP contribution in [0, 0.1) is 6.92 Å². The Morgan fingerprint density at radius 3 is 2.80 bits per heavy atom. The lowest BCUT2D eigenvalue weighted by Gasteiger charge is -2.26. The van der Waals surface area contributed by atoms with Gasteiger partial charge in [-0.05, 0) is 43.0 Å². The molecular formula is C29H35N9O2S. The molecule has 1 saturated heterocycles. The summed E-state index contributed by atoms with van der Waals surface area (Å²) in [4.78, 5) is 25.0. The number of carbonyl (C=O) groups excluding carboxylic acids is 1. The first kappa shape index (κ1) is 27.4. The standard InChI is InChI=1S/C29H35N9O2S/c1-17-24(14-31-35-17)34-28-30-10-7-22(33-28)18-5-6-21-19(13-18)15-38(20-9-12-40-16-20)11-8-23(21)32-25(39)26-36-37-27(41-26)29(2,3)4/h5-7,10,13-14,20,23H,8-9,11-12,15-16H2,1-4H3,(H,31,35)(H,32,39)(H,30,33,34). The molecule has 1 fully saturated rings. The minimum absolute atomic E-state index is 0.146. The van der Waals surface area contributed by atoms with Crippen LogP contribution in [0.5, 0.6) is 0 Å². The summed E-state index contributed by atoms with van der Waals surface area (Å²) < 4.78 is 5.72. The molecule has 1 aromatic carbocycles. The summed E-state index contributed by atoms with van der Waals surface area (Å²) in [6.45, 7) is 11.3. The maximum atomic E-state index is 13.3. The average Bonchev–Trinajstić information content (AvgIpc) is 3.72. The third-order valence-electron chi connectivity index (χ3n) is 7.61. The van der Waals surface area contributed by atoms with Gasteiger partial charge in [0.25, 0.3) is 5.91 Å². The van der Waals surface area contributed by atoms with Gasteiger partial charge in [-0.3, -0.25) is 14.8 Å². The first-order valence-corrected chi connectivity index (χ1v) is 14.8. The molecule has 2 unspecified atom stereocenters. The van der Waals surface area contributed by atoms with E-state index in [2.05, 4.69) is 79.9 Å². The van der Waals surface area contributed by atoms with Crippen molar-refractivity contribution in [1.29, 1.82) is 0 Å². The predicted molar refractivity (Wildman–Crippen MR) is 157 cm³/mol. The fourth-order valence-corrected chi connectivity index (χ4v) is 6.08. The van der Waals surface area contributed by atoms with E-state index in [1.165, 1.54) is 16.9 Å². The van der Waals surface area contributed by atoms with Crippen molar-refractivity contribution in [2.24, 2.45) is 0 Å². The molecule has 6 rings (SSSR count). The van der Waals surface area contributed by atoms with Gasteiger partial charge in [0.15, 0.2) is 0 Å². The molecule has 0 aliphatic carbocycles. The van der Waals surface area contributed by atoms with E-state index < -0.39 is 0 Å². The van der Waals surface area contributed by atoms with Crippen LogP contribution in [0.3, 0.4) is 0 Å². The Morgan fingerprint density at radius 2 is 2.07 bits per heavy atom. The molecule has 4 aromatic rings. The van der Waals surface area contributed by atoms with Gasteiger partial charge in [-0.2, -0.15) is 5.10 Å². The van der Waals surface area contributed by atoms with Gasteiger partial charge < -0.3 is 15.4 Å². The fraction of sp³-hybridized carbons (Fsp3) is 0.448. The molecule has 0 saturated carbocycles. The largest absolute Gasteiger partial charge is 0.380 e. The lowest BCUT2D eigenvalue weighted by Crippen LogP contribution is -2.36. The Bertz CT molecular complexity index is 1540. The number of nitrogens with zero attached hydrogens (tertiary/aromatic N) is 6. The van der Waals surface area contributed by atoms with Gasteiger partial charge in [0, 0.05) is 42.9 Å². The van der Waals surface area contributed by atoms with Crippen LogP contribution in [-0.4, -0.2) is 67.0 Å². The molecule has 2 aliphatic rings. The number of carbonyl (C=O) groups is 1. The third-order valence-corrected chi connectivity index (χ3v) is 8.96. The monoisotopic (exact) mass is 573 g/mol. The van der Waals surface area contributed by atoms with E-state index in [-0.39, 0.29) is 17.4 Å². The van der Waals surface area contributed by atoms with E-state index in [1.54, 1.807) is 12.4 Å². The molecule has 12 heteroatoms. The van der Waals surface area contributed by atoms with Gasteiger partial charge >= 0.3 is 0 Å². The van der Waals surface area contributed by atoms with Crippen molar-refractivity contribution in [1.82, 2.24) is 40.6 Å². The SMILES string of the molecule is Cc1[nH]ncc1Nc1nccc(-c2ccc3c(c2)CN(C2CCOC2)CCC3NC(=O)c2nnc(C(C)(C)C)s2)n1. The highest BCUT2D eigenvalue weighted by Crippen LogP contribution is 2.33. The molecule has 11 nitrogen and oxygen atoms in total. The van der Waals surface area contributed by atoms with Crippen molar-refractivity contribution in [3.05, 3.63) is 63.5 Å². The quantitative estimate of drug-likeness (QED) is 0.304. The van der Waals surface area contributed by atoms with Crippen molar-refractivity contribution in [2.75, 3.05) is 25.1 Å². The molecule has 214 valence electrons. The highest BCUT2D eigenvalue weighted by Gasteiger charge is 2.31. The summed E-state index contributed by atoms with van der Waals surface area (Å²) in [6, 6.07) is 8.53. The zero-order valence-corrected chi connectivity index (χ0v) is 24.6. The van der Waals surface area contributed by atoms with Gasteiger partial charge in [0.2, 0.25) is 11.0 Å². The zero-order valence-electron chi connectivity index (χ0n) is 23.8. The number of hydrogen-bond donors (Lipinski definition) is 3. The van der Waals surface area contributed by atoms with E-state index in [0.717, 1.165) is 72.4 Å². The van der Waals surface area contributed by atoms with Crippen LogP contribution in [0.4, 0.5) is 11.6 Å². The number of amides is 1.